The Morgan fingerprint density at radius 3 is 2.40 bits per heavy atom. The molecule has 0 unspecified atom stereocenters. The van der Waals surface area contributed by atoms with Gasteiger partial charge in [0.1, 0.15) is 23.1 Å². The molecule has 0 saturated heterocycles. The van der Waals surface area contributed by atoms with Gasteiger partial charge in [-0.05, 0) is 63.4 Å². The number of nitrogens with one attached hydrogen (secondary N) is 2. The van der Waals surface area contributed by atoms with Gasteiger partial charge < -0.3 is 19.2 Å². The quantitative estimate of drug-likeness (QED) is 0.221. The van der Waals surface area contributed by atoms with Crippen LogP contribution in [-0.4, -0.2) is 48.8 Å². The van der Waals surface area contributed by atoms with Crippen LogP contribution in [0, 0.1) is 6.92 Å². The van der Waals surface area contributed by atoms with Crippen molar-refractivity contribution >= 4 is 21.2 Å². The van der Waals surface area contributed by atoms with Crippen molar-refractivity contribution in [3.63, 3.8) is 0 Å². The summed E-state index contributed by atoms with van der Waals surface area (Å²) in [6.07, 6.45) is 7.14. The van der Waals surface area contributed by atoms with E-state index in [9.17, 15) is 13.2 Å². The fraction of sp³-hybridized carbons (Fsp3) is 0.452. The van der Waals surface area contributed by atoms with Crippen molar-refractivity contribution in [1.29, 1.82) is 0 Å². The summed E-state index contributed by atoms with van der Waals surface area (Å²) >= 11 is 0. The Labute approximate surface area is 251 Å². The van der Waals surface area contributed by atoms with Crippen molar-refractivity contribution in [3.05, 3.63) is 57.8 Å². The van der Waals surface area contributed by atoms with Gasteiger partial charge in [-0.3, -0.25) is 9.52 Å². The van der Waals surface area contributed by atoms with E-state index in [0.717, 1.165) is 37.1 Å². The van der Waals surface area contributed by atoms with Gasteiger partial charge in [-0.25, -0.2) is 17.9 Å². The Hall–Kier alpha value is -4.06. The van der Waals surface area contributed by atoms with Gasteiger partial charge in [0, 0.05) is 11.5 Å². The molecule has 2 heterocycles. The normalized spacial score (nSPS) is 14.4. The molecule has 5 rings (SSSR count). The zero-order valence-corrected chi connectivity index (χ0v) is 26.1. The molecule has 1 saturated carbocycles. The molecule has 0 radical (unpaired) electrons. The van der Waals surface area contributed by atoms with E-state index >= 15 is 0 Å². The fourth-order valence-corrected chi connectivity index (χ4v) is 7.00. The van der Waals surface area contributed by atoms with Crippen LogP contribution in [0.1, 0.15) is 75.4 Å². The minimum Gasteiger partial charge on any atom is -0.496 e. The molecule has 0 amide bonds. The summed E-state index contributed by atoms with van der Waals surface area (Å²) in [5.41, 5.74) is 2.03. The maximum Gasteiger partial charge on any atom is 0.277 e. The number of nitrogens with zero attached hydrogens (tertiary/aromatic N) is 3. The largest absolute Gasteiger partial charge is 0.496 e. The molecular weight excluding hydrogens is 570 g/mol. The van der Waals surface area contributed by atoms with Crippen LogP contribution < -0.4 is 24.5 Å². The number of methoxy groups -OCH3 is 2. The highest BCUT2D eigenvalue weighted by Gasteiger charge is 2.26. The van der Waals surface area contributed by atoms with Crippen LogP contribution in [0.15, 0.2) is 40.0 Å². The molecule has 43 heavy (non-hydrogen) atoms. The van der Waals surface area contributed by atoms with Gasteiger partial charge in [-0.15, -0.1) is 5.10 Å². The molecule has 4 aromatic rings. The molecule has 2 aromatic carbocycles. The number of rotatable bonds is 10. The Bertz CT molecular complexity index is 1790. The molecule has 0 atom stereocenters. The predicted molar refractivity (Wildman–Crippen MR) is 165 cm³/mol. The van der Waals surface area contributed by atoms with Crippen LogP contribution >= 0.6 is 0 Å². The first kappa shape index (κ1) is 30.4. The average molecular weight is 610 g/mol. The first-order chi connectivity index (χ1) is 20.7. The molecular formula is C31H39N5O6S. The van der Waals surface area contributed by atoms with Gasteiger partial charge in [0.2, 0.25) is 0 Å². The fourth-order valence-electron chi connectivity index (χ4n) is 5.91. The highest BCUT2D eigenvalue weighted by Crippen LogP contribution is 2.38. The topological polar surface area (TPSA) is 137 Å². The van der Waals surface area contributed by atoms with Crippen LogP contribution in [0.2, 0.25) is 0 Å². The van der Waals surface area contributed by atoms with Gasteiger partial charge >= 0.3 is 0 Å². The summed E-state index contributed by atoms with van der Waals surface area (Å²) in [5, 5.41) is 4.82. The second-order valence-corrected chi connectivity index (χ2v) is 12.4. The summed E-state index contributed by atoms with van der Waals surface area (Å²) in [4.78, 5) is 21.0. The number of sulfonamides is 1. The van der Waals surface area contributed by atoms with Crippen LogP contribution in [0.3, 0.4) is 0 Å². The van der Waals surface area contributed by atoms with Gasteiger partial charge in [-0.2, -0.15) is 0 Å². The Kier molecular flexibility index (Phi) is 8.95. The van der Waals surface area contributed by atoms with Crippen LogP contribution in [0.25, 0.3) is 16.9 Å². The molecule has 2 aromatic heterocycles. The van der Waals surface area contributed by atoms with E-state index in [1.54, 1.807) is 29.8 Å². The van der Waals surface area contributed by atoms with E-state index in [1.807, 2.05) is 20.8 Å². The average Bonchev–Trinajstić information content (AvgIpc) is 3.14. The molecule has 11 nitrogen and oxygen atoms in total. The van der Waals surface area contributed by atoms with E-state index in [4.69, 9.17) is 24.3 Å². The lowest BCUT2D eigenvalue weighted by Crippen LogP contribution is -2.18. The molecule has 12 heteroatoms. The summed E-state index contributed by atoms with van der Waals surface area (Å²) < 4.78 is 48.6. The third-order valence-corrected chi connectivity index (χ3v) is 9.34. The maximum atomic E-state index is 13.7. The SMILES string of the molecule is CCOc1ccc(S(=O)(=O)Nc2ccc(OC)c(CC)c2OC)cc1-c1nn2c(C3CCCCCC3)nc(C)c2c(=O)[nH]1. The zero-order chi connectivity index (χ0) is 30.7. The van der Waals surface area contributed by atoms with Crippen molar-refractivity contribution in [2.45, 2.75) is 76.5 Å². The van der Waals surface area contributed by atoms with Crippen molar-refractivity contribution in [1.82, 2.24) is 19.6 Å². The van der Waals surface area contributed by atoms with Gasteiger partial charge in [-0.1, -0.05) is 32.6 Å². The predicted octanol–water partition coefficient (Wildman–Crippen LogP) is 5.61. The number of benzene rings is 2. The molecule has 1 fully saturated rings. The number of fused-ring (bicyclic) bond motifs is 1. The van der Waals surface area contributed by atoms with E-state index in [2.05, 4.69) is 9.71 Å². The maximum absolute atomic E-state index is 13.7. The van der Waals surface area contributed by atoms with Gasteiger partial charge in [0.15, 0.2) is 11.3 Å². The van der Waals surface area contributed by atoms with Gasteiger partial charge in [0.05, 0.1) is 42.7 Å². The summed E-state index contributed by atoms with van der Waals surface area (Å²) in [6, 6.07) is 7.80. The lowest BCUT2D eigenvalue weighted by atomic mass is 10.00. The minimum absolute atomic E-state index is 0.0320. The molecule has 1 aliphatic rings. The Balaban J connectivity index is 1.61. The van der Waals surface area contributed by atoms with Crippen molar-refractivity contribution in [3.8, 4) is 28.6 Å². The Morgan fingerprint density at radius 1 is 1.02 bits per heavy atom. The minimum atomic E-state index is -4.10. The second-order valence-electron chi connectivity index (χ2n) is 10.7. The number of aromatic nitrogens is 4. The third-order valence-electron chi connectivity index (χ3n) is 7.98. The number of anilines is 1. The lowest BCUT2D eigenvalue weighted by Gasteiger charge is -2.18. The Morgan fingerprint density at radius 2 is 1.74 bits per heavy atom. The molecule has 230 valence electrons. The molecule has 0 spiro atoms. The lowest BCUT2D eigenvalue weighted by molar-refractivity contribution is 0.341. The third kappa shape index (κ3) is 5.93. The van der Waals surface area contributed by atoms with Gasteiger partial charge in [0.25, 0.3) is 15.6 Å². The molecule has 1 aliphatic carbocycles. The molecule has 2 N–H and O–H groups in total. The van der Waals surface area contributed by atoms with E-state index < -0.39 is 10.0 Å². The summed E-state index contributed by atoms with van der Waals surface area (Å²) in [5.74, 6) is 2.54. The number of imidazole rings is 1. The number of aromatic amines is 1. The van der Waals surface area contributed by atoms with Crippen LogP contribution in [0.4, 0.5) is 5.69 Å². The number of ether oxygens (including phenoxy) is 3. The van der Waals surface area contributed by atoms with E-state index in [-0.39, 0.29) is 27.9 Å². The second kappa shape index (κ2) is 12.7. The number of hydrogen-bond donors (Lipinski definition) is 2. The number of H-pyrrole nitrogens is 1. The standard InChI is InChI=1S/C31H39N5O6S/c1-6-22-25(40-4)17-15-24(28(22)41-5)35-43(38,39)21-14-16-26(42-7-2)23(18-21)29-33-31(37)27-19(3)32-30(36(27)34-29)20-12-10-8-9-11-13-20/h14-18,20,35H,6-13H2,1-5H3,(H,33,34,37). The van der Waals surface area contributed by atoms with Crippen LogP contribution in [0.5, 0.6) is 17.2 Å². The zero-order valence-electron chi connectivity index (χ0n) is 25.3. The molecule has 0 aliphatic heterocycles. The summed E-state index contributed by atoms with van der Waals surface area (Å²) in [6.45, 7) is 5.92. The number of hydrogen-bond acceptors (Lipinski definition) is 8. The smallest absolute Gasteiger partial charge is 0.277 e. The van der Waals surface area contributed by atoms with E-state index in [1.165, 1.54) is 32.1 Å². The first-order valence-corrected chi connectivity index (χ1v) is 16.2. The monoisotopic (exact) mass is 609 g/mol. The molecule has 0 bridgehead atoms. The van der Waals surface area contributed by atoms with Crippen LogP contribution in [-0.2, 0) is 16.4 Å². The van der Waals surface area contributed by atoms with E-state index in [0.29, 0.717) is 47.1 Å². The summed E-state index contributed by atoms with van der Waals surface area (Å²) in [7, 11) is -1.05. The van der Waals surface area contributed by atoms with Crippen molar-refractivity contribution in [2.24, 2.45) is 0 Å². The highest BCUT2D eigenvalue weighted by atomic mass is 32.2. The highest BCUT2D eigenvalue weighted by molar-refractivity contribution is 7.92. The van der Waals surface area contributed by atoms with Crippen molar-refractivity contribution in [2.75, 3.05) is 25.5 Å². The van der Waals surface area contributed by atoms with Crippen molar-refractivity contribution < 1.29 is 22.6 Å². The number of aryl methyl sites for hydroxylation is 1. The first-order valence-electron chi connectivity index (χ1n) is 14.8.